The van der Waals surface area contributed by atoms with E-state index in [4.69, 9.17) is 11.5 Å². The highest BCUT2D eigenvalue weighted by atomic mass is 32.2. The normalized spacial score (nSPS) is 21.8. The number of fused-ring (bicyclic) bond motifs is 4. The molecule has 0 unspecified atom stereocenters. The third-order valence-electron chi connectivity index (χ3n) is 17.4. The van der Waals surface area contributed by atoms with Gasteiger partial charge in [-0.15, -0.1) is 0 Å². The number of primary amides is 1. The summed E-state index contributed by atoms with van der Waals surface area (Å²) >= 11 is 2.79. The first-order chi connectivity index (χ1) is 48.5. The van der Waals surface area contributed by atoms with Crippen LogP contribution in [-0.4, -0.2) is 168 Å². The molecule has 4 aromatic carbocycles. The Bertz CT molecular complexity index is 4130. The summed E-state index contributed by atoms with van der Waals surface area (Å²) in [6.07, 6.45) is 5.17. The minimum atomic E-state index is -2.05. The minimum absolute atomic E-state index is 0.00874. The van der Waals surface area contributed by atoms with Crippen LogP contribution in [0.15, 0.2) is 110 Å². The predicted octanol–water partition coefficient (Wildman–Crippen LogP) is 2.22. The lowest BCUT2D eigenvalue weighted by Crippen LogP contribution is -2.64. The molecule has 28 nitrogen and oxygen atoms in total. The number of carboxylic acid groups (broad SMARTS) is 1. The van der Waals surface area contributed by atoms with E-state index in [1.54, 1.807) is 0 Å². The van der Waals surface area contributed by atoms with E-state index < -0.39 is 144 Å². The van der Waals surface area contributed by atoms with Gasteiger partial charge >= 0.3 is 5.97 Å². The number of hydrogen-bond acceptors (Lipinski definition) is 16. The Kier molecular flexibility index (Phi) is 26.4. The van der Waals surface area contributed by atoms with Crippen molar-refractivity contribution < 1.29 is 71.7 Å². The van der Waals surface area contributed by atoms with Crippen LogP contribution in [0.25, 0.3) is 21.8 Å². The molecule has 32 heteroatoms. The molecule has 101 heavy (non-hydrogen) atoms. The monoisotopic (exact) mass is 1430 g/mol. The van der Waals surface area contributed by atoms with E-state index in [2.05, 4.69) is 67.8 Å². The summed E-state index contributed by atoms with van der Waals surface area (Å²) in [5, 5.41) is 44.9. The lowest BCUT2D eigenvalue weighted by atomic mass is 9.94. The Morgan fingerprint density at radius 1 is 0.604 bits per heavy atom. The largest absolute Gasteiger partial charge is 0.508 e. The van der Waals surface area contributed by atoms with E-state index in [9.17, 15) is 62.1 Å². The summed E-state index contributed by atoms with van der Waals surface area (Å²) in [5.41, 5.74) is 13.9. The summed E-state index contributed by atoms with van der Waals surface area (Å²) in [6.45, 7) is -0.448. The van der Waals surface area contributed by atoms with Crippen molar-refractivity contribution in [2.24, 2.45) is 11.5 Å². The second kappa shape index (κ2) is 35.6. The van der Waals surface area contributed by atoms with Gasteiger partial charge in [-0.05, 0) is 115 Å². The Morgan fingerprint density at radius 2 is 1.17 bits per heavy atom. The molecule has 18 N–H and O–H groups in total. The van der Waals surface area contributed by atoms with E-state index in [0.717, 1.165) is 17.2 Å². The van der Waals surface area contributed by atoms with Crippen molar-refractivity contribution in [1.82, 2.24) is 67.8 Å². The average Bonchev–Trinajstić information content (AvgIpc) is 1.73. The number of carbonyl (C=O) groups is 11. The molecule has 536 valence electrons. The molecule has 0 radical (unpaired) electrons. The van der Waals surface area contributed by atoms with Gasteiger partial charge in [0, 0.05) is 101 Å². The number of amides is 10. The molecule has 7 atom stereocenters. The highest BCUT2D eigenvalue weighted by Gasteiger charge is 2.45. The van der Waals surface area contributed by atoms with Crippen LogP contribution in [0, 0.1) is 11.6 Å². The van der Waals surface area contributed by atoms with Crippen LogP contribution < -0.4 is 59.3 Å². The van der Waals surface area contributed by atoms with Crippen molar-refractivity contribution in [3.63, 3.8) is 0 Å². The SMILES string of the molecule is NCCCC[C@@H]1NC(=O)CCSCc2cccc(c2)CSC[C@@H](C(N)=O)NC(=O)C2(CCCC2)NC(=O)[C@H](Cc2ccc(O)cc2)NC(=O)[C@H](Cc2cnc[nH]2)NC(=O)[C@H](CC(=O)O)NC(=O)[C@H](Cc2c[nH]c3ccc(F)cc23)NC(=O)[C@H](Cc2c[nH]c3ccc(F)cc23)NC(=O)CNC1=O. The van der Waals surface area contributed by atoms with Gasteiger partial charge in [-0.2, -0.15) is 23.5 Å². The smallest absolute Gasteiger partial charge is 0.305 e. The van der Waals surface area contributed by atoms with E-state index in [0.29, 0.717) is 77.0 Å². The zero-order chi connectivity index (χ0) is 72.2. The van der Waals surface area contributed by atoms with Crippen LogP contribution >= 0.6 is 23.5 Å². The number of aromatic nitrogens is 4. The third-order valence-corrected chi connectivity index (χ3v) is 19.6. The van der Waals surface area contributed by atoms with Gasteiger partial charge in [0.15, 0.2) is 0 Å². The zero-order valence-corrected chi connectivity index (χ0v) is 56.6. The van der Waals surface area contributed by atoms with Gasteiger partial charge in [-0.25, -0.2) is 13.8 Å². The van der Waals surface area contributed by atoms with Gasteiger partial charge in [-0.3, -0.25) is 52.7 Å². The number of carboxylic acids is 1. The number of benzene rings is 4. The number of aromatic hydroxyl groups is 1. The third kappa shape index (κ3) is 21.3. The molecule has 0 saturated heterocycles. The standard InChI is InChI=1S/C69H81F2N15O13S2/c70-43-11-15-49-47(26-43)41(30-75-49)24-53-63(94)82-54(25-42-31-76-50-16-12-44(71)27-48(42)50)64(95)84-56(29-60(90)91)66(97)83-55(28-45-32-74-37-78-45)65(96)81-52(23-38-9-13-46(87)14-10-38)67(98)86-69(18-2-3-19-69)68(99)85-57(61(73)92)36-101-35-40-7-5-6-39(22-40)34-100-21-17-58(88)79-51(8-1-4-20-72)62(93)77-33-59(89)80-53/h5-7,9-16,22,26-27,30-32,37,51-57,75-76,87H,1-4,8,17-21,23-25,28-29,33-36,72H2,(H2,73,92)(H,74,78)(H,77,93)(H,79,88)(H,80,89)(H,81,96)(H,82,94)(H,83,97)(H,84,95)(H,85,99)(H,86,98)(H,90,91)/t51-,52-,53-,54-,55-,56-,57-/m0/s1. The molecular weight excluding hydrogens is 1350 g/mol. The van der Waals surface area contributed by atoms with Crippen LogP contribution in [0.5, 0.6) is 5.75 Å². The Morgan fingerprint density at radius 3 is 1.75 bits per heavy atom. The lowest BCUT2D eigenvalue weighted by Gasteiger charge is -2.33. The van der Waals surface area contributed by atoms with Crippen LogP contribution in [0.3, 0.4) is 0 Å². The van der Waals surface area contributed by atoms with Gasteiger partial charge in [0.05, 0.1) is 19.3 Å². The first-order valence-corrected chi connectivity index (χ1v) is 35.2. The molecule has 7 aromatic rings. The van der Waals surface area contributed by atoms with Crippen molar-refractivity contribution in [3.8, 4) is 5.75 Å². The molecule has 1 spiro atoms. The number of unbranched alkanes of at least 4 members (excludes halogenated alkanes) is 1. The van der Waals surface area contributed by atoms with E-state index in [1.807, 2.05) is 24.3 Å². The highest BCUT2D eigenvalue weighted by molar-refractivity contribution is 7.98. The number of halogens is 2. The number of aromatic amines is 3. The maximum Gasteiger partial charge on any atom is 0.305 e. The summed E-state index contributed by atoms with van der Waals surface area (Å²) in [5.74, 6) is -10.8. The summed E-state index contributed by atoms with van der Waals surface area (Å²) in [6, 6.07) is 9.89. The molecule has 1 saturated carbocycles. The summed E-state index contributed by atoms with van der Waals surface area (Å²) in [7, 11) is 0. The summed E-state index contributed by atoms with van der Waals surface area (Å²) in [4.78, 5) is 170. The molecule has 1 fully saturated rings. The molecule has 2 aliphatic rings. The fraction of sp³-hybridized carbons (Fsp3) is 0.391. The van der Waals surface area contributed by atoms with Crippen molar-refractivity contribution in [1.29, 1.82) is 0 Å². The maximum atomic E-state index is 15.1. The molecule has 9 rings (SSSR count). The van der Waals surface area contributed by atoms with Crippen molar-refractivity contribution >= 4 is 110 Å². The number of rotatable bonds is 15. The predicted molar refractivity (Wildman–Crippen MR) is 372 cm³/mol. The first kappa shape index (κ1) is 74.9. The average molecular weight is 1430 g/mol. The number of nitrogens with zero attached hydrogens (tertiary/aromatic N) is 1. The van der Waals surface area contributed by atoms with Crippen LogP contribution in [0.1, 0.15) is 91.3 Å². The van der Waals surface area contributed by atoms with E-state index in [-0.39, 0.29) is 73.1 Å². The number of hydrogen-bond donors (Lipinski definition) is 16. The fourth-order valence-electron chi connectivity index (χ4n) is 12.1. The van der Waals surface area contributed by atoms with Crippen LogP contribution in [-0.2, 0) is 89.9 Å². The molecule has 10 amide bonds. The number of carbonyl (C=O) groups excluding carboxylic acids is 10. The van der Waals surface area contributed by atoms with Crippen molar-refractivity contribution in [2.75, 3.05) is 24.6 Å². The second-order valence-corrected chi connectivity index (χ2v) is 27.1. The van der Waals surface area contributed by atoms with Crippen LogP contribution in [0.4, 0.5) is 8.78 Å². The van der Waals surface area contributed by atoms with Crippen molar-refractivity contribution in [3.05, 3.63) is 155 Å². The molecule has 1 aliphatic carbocycles. The zero-order valence-electron chi connectivity index (χ0n) is 54.9. The minimum Gasteiger partial charge on any atom is -0.508 e. The van der Waals surface area contributed by atoms with Gasteiger partial charge in [0.1, 0.15) is 65.2 Å². The number of H-pyrrole nitrogens is 3. The number of phenolic OH excluding ortho intramolecular Hbond substituents is 1. The highest BCUT2D eigenvalue weighted by Crippen LogP contribution is 2.31. The number of thioether (sulfide) groups is 2. The quantitative estimate of drug-likeness (QED) is 0.0654. The Balaban J connectivity index is 1.05. The Labute approximate surface area is 586 Å². The van der Waals surface area contributed by atoms with Gasteiger partial charge < -0.3 is 84.5 Å². The lowest BCUT2D eigenvalue weighted by molar-refractivity contribution is -0.141. The van der Waals surface area contributed by atoms with Gasteiger partial charge in [-0.1, -0.05) is 49.2 Å². The number of aliphatic carboxylic acids is 1. The fourth-order valence-corrected chi connectivity index (χ4v) is 14.0. The first-order valence-electron chi connectivity index (χ1n) is 32.9. The van der Waals surface area contributed by atoms with Gasteiger partial charge in [0.25, 0.3) is 0 Å². The Hall–Kier alpha value is -10.3. The number of nitrogens with one attached hydrogen (secondary N) is 12. The number of imidazole rings is 1. The number of phenols is 1. The molecule has 4 heterocycles. The van der Waals surface area contributed by atoms with Gasteiger partial charge in [0.2, 0.25) is 59.1 Å². The van der Waals surface area contributed by atoms with Crippen molar-refractivity contribution in [2.45, 2.75) is 143 Å². The number of nitrogens with two attached hydrogens (primary N) is 2. The summed E-state index contributed by atoms with van der Waals surface area (Å²) < 4.78 is 29.8. The topological polar surface area (TPSA) is 449 Å². The van der Waals surface area contributed by atoms with E-state index >= 15 is 9.59 Å². The molecule has 1 aliphatic heterocycles. The second-order valence-electron chi connectivity index (χ2n) is 25.0. The van der Waals surface area contributed by atoms with E-state index in [1.165, 1.54) is 103 Å². The molecular formula is C69H81F2N15O13S2. The maximum absolute atomic E-state index is 15.1. The van der Waals surface area contributed by atoms with Crippen LogP contribution in [0.2, 0.25) is 0 Å². The molecule has 3 aromatic heterocycles. The molecule has 2 bridgehead atoms.